The van der Waals surface area contributed by atoms with Gasteiger partial charge in [-0.3, -0.25) is 0 Å². The molecular weight excluding hydrogens is 304 g/mol. The van der Waals surface area contributed by atoms with Crippen LogP contribution in [0, 0.1) is 11.8 Å². The molecule has 0 saturated heterocycles. The average molecular weight is 351 g/mol. The second-order valence-corrected chi connectivity index (χ2v) is 9.08. The molecule has 0 aromatic carbocycles. The molecule has 0 aromatic rings. The van der Waals surface area contributed by atoms with E-state index in [1.165, 1.54) is 116 Å². The summed E-state index contributed by atoms with van der Waals surface area (Å²) in [6.07, 6.45) is 24.6. The van der Waals surface area contributed by atoms with Crippen LogP contribution in [0.25, 0.3) is 0 Å². The van der Waals surface area contributed by atoms with Crippen molar-refractivity contribution in [3.63, 3.8) is 0 Å². The highest BCUT2D eigenvalue weighted by molar-refractivity contribution is 4.80. The quantitative estimate of drug-likeness (QED) is 0.428. The van der Waals surface area contributed by atoms with Crippen LogP contribution in [0.5, 0.6) is 0 Å². The molecule has 0 radical (unpaired) electrons. The van der Waals surface area contributed by atoms with Gasteiger partial charge < -0.3 is 10.6 Å². The zero-order valence-electron chi connectivity index (χ0n) is 17.2. The first-order chi connectivity index (χ1) is 12.3. The molecule has 2 nitrogen and oxygen atoms in total. The fourth-order valence-corrected chi connectivity index (χ4v) is 5.45. The summed E-state index contributed by atoms with van der Waals surface area (Å²) in [6, 6.07) is 0.824. The maximum absolute atomic E-state index is 5.73. The zero-order chi connectivity index (χ0) is 17.7. The minimum absolute atomic E-state index is 0.824. The van der Waals surface area contributed by atoms with E-state index in [2.05, 4.69) is 11.9 Å². The van der Waals surface area contributed by atoms with Gasteiger partial charge in [-0.2, -0.15) is 0 Å². The summed E-state index contributed by atoms with van der Waals surface area (Å²) >= 11 is 0. The van der Waals surface area contributed by atoms with Crippen molar-refractivity contribution in [1.29, 1.82) is 0 Å². The Kier molecular flexibility index (Phi) is 11.2. The SMILES string of the molecule is CN(CCCCCC1CCCCC1)C(CCCCN)C1CCCCC1. The largest absolute Gasteiger partial charge is 0.330 e. The maximum Gasteiger partial charge on any atom is 0.0120 e. The average Bonchev–Trinajstić information content (AvgIpc) is 2.66. The van der Waals surface area contributed by atoms with E-state index >= 15 is 0 Å². The van der Waals surface area contributed by atoms with Gasteiger partial charge in [-0.15, -0.1) is 0 Å². The van der Waals surface area contributed by atoms with E-state index < -0.39 is 0 Å². The molecule has 25 heavy (non-hydrogen) atoms. The summed E-state index contributed by atoms with van der Waals surface area (Å²) in [6.45, 7) is 2.18. The van der Waals surface area contributed by atoms with Crippen molar-refractivity contribution in [2.75, 3.05) is 20.1 Å². The Morgan fingerprint density at radius 3 is 2.16 bits per heavy atom. The Bertz CT molecular complexity index is 305. The molecule has 2 N–H and O–H groups in total. The van der Waals surface area contributed by atoms with Crippen molar-refractivity contribution in [3.8, 4) is 0 Å². The second-order valence-electron chi connectivity index (χ2n) is 9.08. The molecule has 2 saturated carbocycles. The van der Waals surface area contributed by atoms with Crippen LogP contribution in [0.15, 0.2) is 0 Å². The molecule has 0 aromatic heterocycles. The van der Waals surface area contributed by atoms with E-state index in [1.807, 2.05) is 0 Å². The van der Waals surface area contributed by atoms with Crippen molar-refractivity contribution >= 4 is 0 Å². The molecule has 2 aliphatic carbocycles. The fourth-order valence-electron chi connectivity index (χ4n) is 5.45. The Hall–Kier alpha value is -0.0800. The van der Waals surface area contributed by atoms with Crippen LogP contribution in [-0.4, -0.2) is 31.1 Å². The van der Waals surface area contributed by atoms with E-state index in [-0.39, 0.29) is 0 Å². The number of nitrogens with two attached hydrogens (primary N) is 1. The fraction of sp³-hybridized carbons (Fsp3) is 1.00. The van der Waals surface area contributed by atoms with Crippen LogP contribution < -0.4 is 5.73 Å². The molecular formula is C23H46N2. The van der Waals surface area contributed by atoms with E-state index in [0.717, 1.165) is 24.4 Å². The van der Waals surface area contributed by atoms with Gasteiger partial charge in [0.05, 0.1) is 0 Å². The van der Waals surface area contributed by atoms with Gasteiger partial charge in [-0.1, -0.05) is 77.0 Å². The Labute approximate surface area is 158 Å². The molecule has 0 aliphatic heterocycles. The lowest BCUT2D eigenvalue weighted by Gasteiger charge is -2.37. The molecule has 2 heteroatoms. The van der Waals surface area contributed by atoms with E-state index in [4.69, 9.17) is 5.73 Å². The molecule has 0 amide bonds. The highest BCUT2D eigenvalue weighted by atomic mass is 15.1. The molecule has 0 bridgehead atoms. The molecule has 0 heterocycles. The Balaban J connectivity index is 1.63. The summed E-state index contributed by atoms with van der Waals surface area (Å²) in [7, 11) is 2.41. The van der Waals surface area contributed by atoms with Crippen LogP contribution in [0.1, 0.15) is 109 Å². The normalized spacial score (nSPS) is 21.7. The van der Waals surface area contributed by atoms with E-state index in [0.29, 0.717) is 0 Å². The topological polar surface area (TPSA) is 29.3 Å². The number of rotatable bonds is 12. The Morgan fingerprint density at radius 2 is 1.48 bits per heavy atom. The van der Waals surface area contributed by atoms with Gasteiger partial charge in [0.15, 0.2) is 0 Å². The van der Waals surface area contributed by atoms with E-state index in [1.54, 1.807) is 0 Å². The van der Waals surface area contributed by atoms with Crippen LogP contribution in [0.4, 0.5) is 0 Å². The lowest BCUT2D eigenvalue weighted by atomic mass is 9.81. The molecule has 2 aliphatic rings. The van der Waals surface area contributed by atoms with Crippen molar-refractivity contribution in [2.45, 2.75) is 115 Å². The number of nitrogens with zero attached hydrogens (tertiary/aromatic N) is 1. The first-order valence-electron chi connectivity index (χ1n) is 11.7. The summed E-state index contributed by atoms with van der Waals surface area (Å²) in [4.78, 5) is 2.73. The van der Waals surface area contributed by atoms with Crippen molar-refractivity contribution in [1.82, 2.24) is 4.90 Å². The van der Waals surface area contributed by atoms with Crippen LogP contribution in [0.2, 0.25) is 0 Å². The van der Waals surface area contributed by atoms with E-state index in [9.17, 15) is 0 Å². The summed E-state index contributed by atoms with van der Waals surface area (Å²) in [5.74, 6) is 2.02. The summed E-state index contributed by atoms with van der Waals surface area (Å²) < 4.78 is 0. The molecule has 2 fully saturated rings. The van der Waals surface area contributed by atoms with Gasteiger partial charge in [-0.05, 0) is 64.1 Å². The lowest BCUT2D eigenvalue weighted by Crippen LogP contribution is -2.39. The van der Waals surface area contributed by atoms with Gasteiger partial charge in [0, 0.05) is 6.04 Å². The van der Waals surface area contributed by atoms with Gasteiger partial charge in [0.1, 0.15) is 0 Å². The highest BCUT2D eigenvalue weighted by Gasteiger charge is 2.26. The number of unbranched alkanes of at least 4 members (excludes halogenated alkanes) is 3. The monoisotopic (exact) mass is 350 g/mol. The number of hydrogen-bond acceptors (Lipinski definition) is 2. The van der Waals surface area contributed by atoms with Gasteiger partial charge >= 0.3 is 0 Å². The molecule has 148 valence electrons. The summed E-state index contributed by atoms with van der Waals surface area (Å²) in [5, 5.41) is 0. The van der Waals surface area contributed by atoms with Gasteiger partial charge in [-0.25, -0.2) is 0 Å². The van der Waals surface area contributed by atoms with Crippen molar-refractivity contribution < 1.29 is 0 Å². The first-order valence-corrected chi connectivity index (χ1v) is 11.7. The minimum atomic E-state index is 0.824. The maximum atomic E-state index is 5.73. The van der Waals surface area contributed by atoms with Crippen LogP contribution >= 0.6 is 0 Å². The zero-order valence-corrected chi connectivity index (χ0v) is 17.2. The predicted octanol–water partition coefficient (Wildman–Crippen LogP) is 6.14. The summed E-state index contributed by atoms with van der Waals surface area (Å²) in [5.41, 5.74) is 5.73. The van der Waals surface area contributed by atoms with Crippen molar-refractivity contribution in [3.05, 3.63) is 0 Å². The van der Waals surface area contributed by atoms with Crippen molar-refractivity contribution in [2.24, 2.45) is 17.6 Å². The third kappa shape index (κ3) is 8.43. The smallest absolute Gasteiger partial charge is 0.0120 e. The first kappa shape index (κ1) is 21.2. The van der Waals surface area contributed by atoms with Gasteiger partial charge in [0.25, 0.3) is 0 Å². The third-order valence-electron chi connectivity index (χ3n) is 7.06. The standard InChI is InChI=1S/C23H46N2/c1-25(20-12-4-7-15-21-13-5-2-6-14-21)23(18-10-11-19-24)22-16-8-3-9-17-22/h21-23H,2-20,24H2,1H3. The molecule has 2 rings (SSSR count). The third-order valence-corrected chi connectivity index (χ3v) is 7.06. The second kappa shape index (κ2) is 13.1. The lowest BCUT2D eigenvalue weighted by molar-refractivity contribution is 0.130. The Morgan fingerprint density at radius 1 is 0.800 bits per heavy atom. The molecule has 1 unspecified atom stereocenters. The predicted molar refractivity (Wildman–Crippen MR) is 111 cm³/mol. The highest BCUT2D eigenvalue weighted by Crippen LogP contribution is 2.31. The van der Waals surface area contributed by atoms with Crippen LogP contribution in [0.3, 0.4) is 0 Å². The molecule has 1 atom stereocenters. The minimum Gasteiger partial charge on any atom is -0.330 e. The van der Waals surface area contributed by atoms with Crippen LogP contribution in [-0.2, 0) is 0 Å². The van der Waals surface area contributed by atoms with Gasteiger partial charge in [0.2, 0.25) is 0 Å². The molecule has 0 spiro atoms. The number of hydrogen-bond donors (Lipinski definition) is 1.